The molecule has 0 radical (unpaired) electrons. The Kier molecular flexibility index (Phi) is 4.86. The van der Waals surface area contributed by atoms with Gasteiger partial charge in [0.25, 0.3) is 0 Å². The third-order valence-electron chi connectivity index (χ3n) is 2.23. The van der Waals surface area contributed by atoms with Crippen LogP contribution in [0.25, 0.3) is 0 Å². The summed E-state index contributed by atoms with van der Waals surface area (Å²) in [6.45, 7) is 1.12. The van der Waals surface area contributed by atoms with E-state index in [4.69, 9.17) is 16.7 Å². The summed E-state index contributed by atoms with van der Waals surface area (Å²) < 4.78 is 38.4. The number of nitrogens with one attached hydrogen (secondary N) is 1. The van der Waals surface area contributed by atoms with Crippen LogP contribution in [0.1, 0.15) is 6.92 Å². The zero-order chi connectivity index (χ0) is 14.8. The molecule has 2 atom stereocenters. The number of benzene rings is 1. The predicted octanol–water partition coefficient (Wildman–Crippen LogP) is 0.591. The molecule has 0 saturated heterocycles. The van der Waals surface area contributed by atoms with Crippen LogP contribution in [0.2, 0.25) is 5.02 Å². The maximum absolute atomic E-state index is 12.9. The molecule has 0 aromatic heterocycles. The van der Waals surface area contributed by atoms with Gasteiger partial charge in [-0.3, -0.25) is 4.79 Å². The molecule has 3 N–H and O–H groups in total. The first-order valence-electron chi connectivity index (χ1n) is 5.03. The van der Waals surface area contributed by atoms with E-state index in [9.17, 15) is 22.7 Å². The van der Waals surface area contributed by atoms with Crippen molar-refractivity contribution in [1.29, 1.82) is 0 Å². The number of sulfonamides is 1. The van der Waals surface area contributed by atoms with E-state index in [2.05, 4.69) is 0 Å². The highest BCUT2D eigenvalue weighted by Gasteiger charge is 2.29. The minimum atomic E-state index is -4.23. The number of carbonyl (C=O) groups is 1. The van der Waals surface area contributed by atoms with Crippen LogP contribution in [-0.4, -0.2) is 36.7 Å². The van der Waals surface area contributed by atoms with Gasteiger partial charge in [0.2, 0.25) is 10.0 Å². The molecule has 0 saturated carbocycles. The minimum Gasteiger partial charge on any atom is -0.480 e. The number of hydrogen-bond acceptors (Lipinski definition) is 4. The standard InChI is InChI=1S/C10H11ClFNO5S/c1-5(14)9(10(15)16)13-19(17,18)6-2-3-8(12)7(11)4-6/h2-5,9,13-14H,1H3,(H,15,16)/t5-,9+/m1/s1. The van der Waals surface area contributed by atoms with Gasteiger partial charge < -0.3 is 10.2 Å². The fraction of sp³-hybridized carbons (Fsp3) is 0.300. The van der Waals surface area contributed by atoms with Crippen LogP contribution in [0, 0.1) is 5.82 Å². The molecule has 1 aromatic rings. The van der Waals surface area contributed by atoms with Crippen molar-refractivity contribution in [1.82, 2.24) is 4.72 Å². The van der Waals surface area contributed by atoms with Gasteiger partial charge in [0.05, 0.1) is 16.0 Å². The summed E-state index contributed by atoms with van der Waals surface area (Å²) in [6.07, 6.45) is -1.44. The van der Waals surface area contributed by atoms with Crippen LogP contribution in [0.3, 0.4) is 0 Å². The summed E-state index contributed by atoms with van der Waals surface area (Å²) in [5.41, 5.74) is 0. The zero-order valence-electron chi connectivity index (χ0n) is 9.67. The molecule has 0 spiro atoms. The van der Waals surface area contributed by atoms with Gasteiger partial charge in [-0.25, -0.2) is 12.8 Å². The second kappa shape index (κ2) is 5.83. The maximum atomic E-state index is 12.9. The van der Waals surface area contributed by atoms with Crippen molar-refractivity contribution < 1.29 is 27.8 Å². The lowest BCUT2D eigenvalue weighted by Gasteiger charge is -2.17. The van der Waals surface area contributed by atoms with Gasteiger partial charge in [-0.1, -0.05) is 11.6 Å². The SMILES string of the molecule is C[C@@H](O)[C@H](NS(=O)(=O)c1ccc(F)c(Cl)c1)C(=O)O. The van der Waals surface area contributed by atoms with Crippen molar-refractivity contribution in [3.8, 4) is 0 Å². The van der Waals surface area contributed by atoms with E-state index < -0.39 is 43.9 Å². The second-order valence-electron chi connectivity index (χ2n) is 3.75. The van der Waals surface area contributed by atoms with Crippen LogP contribution in [0.15, 0.2) is 23.1 Å². The van der Waals surface area contributed by atoms with Crippen molar-refractivity contribution in [2.24, 2.45) is 0 Å². The van der Waals surface area contributed by atoms with Crippen LogP contribution < -0.4 is 4.72 Å². The van der Waals surface area contributed by atoms with Crippen molar-refractivity contribution >= 4 is 27.6 Å². The molecule has 1 aromatic carbocycles. The molecule has 0 fully saturated rings. The smallest absolute Gasteiger partial charge is 0.324 e. The highest BCUT2D eigenvalue weighted by Crippen LogP contribution is 2.19. The molecular formula is C10H11ClFNO5S. The molecule has 0 aliphatic carbocycles. The Morgan fingerprint density at radius 1 is 1.47 bits per heavy atom. The van der Waals surface area contributed by atoms with Crippen LogP contribution in [-0.2, 0) is 14.8 Å². The third-order valence-corrected chi connectivity index (χ3v) is 3.96. The monoisotopic (exact) mass is 311 g/mol. The summed E-state index contributed by atoms with van der Waals surface area (Å²) >= 11 is 5.45. The van der Waals surface area contributed by atoms with Crippen molar-refractivity contribution in [3.63, 3.8) is 0 Å². The van der Waals surface area contributed by atoms with Gasteiger partial charge in [-0.15, -0.1) is 0 Å². The number of aliphatic hydroxyl groups is 1. The Morgan fingerprint density at radius 2 is 2.05 bits per heavy atom. The molecule has 0 aliphatic heterocycles. The molecule has 19 heavy (non-hydrogen) atoms. The van der Waals surface area contributed by atoms with Gasteiger partial charge in [0.1, 0.15) is 11.9 Å². The fourth-order valence-electron chi connectivity index (χ4n) is 1.23. The molecule has 0 bridgehead atoms. The number of halogens is 2. The zero-order valence-corrected chi connectivity index (χ0v) is 11.2. The van der Waals surface area contributed by atoms with Gasteiger partial charge in [-0.2, -0.15) is 4.72 Å². The number of carboxylic acid groups (broad SMARTS) is 1. The molecule has 6 nitrogen and oxygen atoms in total. The summed E-state index contributed by atoms with van der Waals surface area (Å²) in [5, 5.41) is 17.6. The van der Waals surface area contributed by atoms with E-state index in [0.717, 1.165) is 25.1 Å². The highest BCUT2D eigenvalue weighted by molar-refractivity contribution is 7.89. The number of aliphatic carboxylic acids is 1. The first-order chi connectivity index (χ1) is 8.65. The Hall–Kier alpha value is -1.22. The first-order valence-corrected chi connectivity index (χ1v) is 6.89. The van der Waals surface area contributed by atoms with Crippen molar-refractivity contribution in [2.45, 2.75) is 24.0 Å². The summed E-state index contributed by atoms with van der Waals surface area (Å²) in [6, 6.07) is 0.911. The van der Waals surface area contributed by atoms with Gasteiger partial charge in [-0.05, 0) is 25.1 Å². The van der Waals surface area contributed by atoms with E-state index in [1.165, 1.54) is 0 Å². The molecular weight excluding hydrogens is 301 g/mol. The Bertz CT molecular complexity index is 590. The molecule has 0 amide bonds. The third kappa shape index (κ3) is 3.87. The van der Waals surface area contributed by atoms with Crippen LogP contribution in [0.5, 0.6) is 0 Å². The average molecular weight is 312 g/mol. The van der Waals surface area contributed by atoms with Crippen LogP contribution >= 0.6 is 11.6 Å². The largest absolute Gasteiger partial charge is 0.480 e. The van der Waals surface area contributed by atoms with Crippen molar-refractivity contribution in [2.75, 3.05) is 0 Å². The lowest BCUT2D eigenvalue weighted by molar-refractivity contribution is -0.141. The van der Waals surface area contributed by atoms with Crippen molar-refractivity contribution in [3.05, 3.63) is 29.0 Å². The maximum Gasteiger partial charge on any atom is 0.324 e. The van der Waals surface area contributed by atoms with E-state index in [1.54, 1.807) is 4.72 Å². The number of aliphatic hydroxyl groups excluding tert-OH is 1. The van der Waals surface area contributed by atoms with E-state index in [0.29, 0.717) is 0 Å². The normalized spacial score (nSPS) is 14.9. The molecule has 0 unspecified atom stereocenters. The Morgan fingerprint density at radius 3 is 2.47 bits per heavy atom. The Labute approximate surface area is 113 Å². The number of hydrogen-bond donors (Lipinski definition) is 3. The quantitative estimate of drug-likeness (QED) is 0.738. The Balaban J connectivity index is 3.10. The summed E-state index contributed by atoms with van der Waals surface area (Å²) in [7, 11) is -4.23. The average Bonchev–Trinajstić information content (AvgIpc) is 2.28. The van der Waals surface area contributed by atoms with E-state index in [-0.39, 0.29) is 0 Å². The molecule has 1 rings (SSSR count). The predicted molar refractivity (Wildman–Crippen MR) is 64.8 cm³/mol. The first kappa shape index (κ1) is 15.8. The number of carboxylic acids is 1. The fourth-order valence-corrected chi connectivity index (χ4v) is 2.77. The lowest BCUT2D eigenvalue weighted by atomic mass is 10.2. The molecule has 0 heterocycles. The molecule has 9 heteroatoms. The molecule has 0 aliphatic rings. The van der Waals surface area contributed by atoms with Gasteiger partial charge in [0.15, 0.2) is 0 Å². The molecule has 106 valence electrons. The summed E-state index contributed by atoms with van der Waals surface area (Å²) in [5.74, 6) is -2.34. The van der Waals surface area contributed by atoms with E-state index >= 15 is 0 Å². The minimum absolute atomic E-state index is 0.397. The van der Waals surface area contributed by atoms with Gasteiger partial charge in [0, 0.05) is 0 Å². The summed E-state index contributed by atoms with van der Waals surface area (Å²) in [4.78, 5) is 10.4. The van der Waals surface area contributed by atoms with Gasteiger partial charge >= 0.3 is 5.97 Å². The highest BCUT2D eigenvalue weighted by atomic mass is 35.5. The second-order valence-corrected chi connectivity index (χ2v) is 5.87. The van der Waals surface area contributed by atoms with Crippen LogP contribution in [0.4, 0.5) is 4.39 Å². The van der Waals surface area contributed by atoms with E-state index in [1.807, 2.05) is 0 Å². The lowest BCUT2D eigenvalue weighted by Crippen LogP contribution is -2.47. The topological polar surface area (TPSA) is 104 Å². The number of rotatable bonds is 5.